The minimum atomic E-state index is -0.466. The smallest absolute Gasteiger partial charge is 0.275 e. The molecule has 0 atom stereocenters. The monoisotopic (exact) mass is 260 g/mol. The van der Waals surface area contributed by atoms with Crippen LogP contribution in [-0.4, -0.2) is 12.0 Å². The van der Waals surface area contributed by atoms with Crippen LogP contribution in [0.15, 0.2) is 16.6 Å². The van der Waals surface area contributed by atoms with Crippen LogP contribution in [0.2, 0.25) is 0 Å². The van der Waals surface area contributed by atoms with Gasteiger partial charge in [-0.2, -0.15) is 0 Å². The van der Waals surface area contributed by atoms with E-state index in [1.54, 1.807) is 6.07 Å². The van der Waals surface area contributed by atoms with E-state index in [1.165, 1.54) is 13.2 Å². The summed E-state index contributed by atoms with van der Waals surface area (Å²) in [5.41, 5.74) is 5.84. The molecule has 1 rings (SSSR count). The first-order valence-electron chi connectivity index (χ1n) is 3.81. The Morgan fingerprint density at radius 2 is 2.29 bits per heavy atom. The molecule has 0 fully saturated rings. The molecule has 6 heteroatoms. The molecule has 0 spiro atoms. The molecule has 76 valence electrons. The highest BCUT2D eigenvalue weighted by Gasteiger charge is 2.16. The van der Waals surface area contributed by atoms with Gasteiger partial charge in [-0.3, -0.25) is 10.1 Å². The molecule has 1 aromatic carbocycles. The summed E-state index contributed by atoms with van der Waals surface area (Å²) < 4.78 is 5.54. The van der Waals surface area contributed by atoms with Crippen molar-refractivity contribution in [2.75, 3.05) is 7.11 Å². The van der Waals surface area contributed by atoms with E-state index in [0.29, 0.717) is 15.8 Å². The van der Waals surface area contributed by atoms with Crippen molar-refractivity contribution in [3.05, 3.63) is 32.3 Å². The number of nitrogens with zero attached hydrogens (tertiary/aromatic N) is 1. The van der Waals surface area contributed by atoms with E-state index in [4.69, 9.17) is 10.5 Å². The Balaban J connectivity index is 3.31. The van der Waals surface area contributed by atoms with Gasteiger partial charge in [-0.1, -0.05) is 0 Å². The molecule has 0 bridgehead atoms. The zero-order valence-electron chi connectivity index (χ0n) is 7.49. The molecular weight excluding hydrogens is 252 g/mol. The zero-order valence-corrected chi connectivity index (χ0v) is 9.08. The fourth-order valence-electron chi connectivity index (χ4n) is 1.07. The van der Waals surface area contributed by atoms with Crippen molar-refractivity contribution < 1.29 is 9.66 Å². The molecule has 0 aliphatic carbocycles. The molecule has 0 heterocycles. The highest BCUT2D eigenvalue weighted by atomic mass is 79.9. The lowest BCUT2D eigenvalue weighted by molar-refractivity contribution is -0.385. The maximum Gasteiger partial charge on any atom is 0.275 e. The summed E-state index contributed by atoms with van der Waals surface area (Å²) in [6, 6.07) is 2.95. The molecule has 5 nitrogen and oxygen atoms in total. The average molecular weight is 261 g/mol. The number of methoxy groups -OCH3 is 1. The van der Waals surface area contributed by atoms with Gasteiger partial charge in [-0.15, -0.1) is 0 Å². The third-order valence-corrected chi connectivity index (χ3v) is 2.39. The van der Waals surface area contributed by atoms with Gasteiger partial charge in [0.25, 0.3) is 5.69 Å². The van der Waals surface area contributed by atoms with E-state index in [9.17, 15) is 10.1 Å². The number of halogens is 1. The number of benzene rings is 1. The number of nitrogens with two attached hydrogens (primary N) is 1. The molecule has 0 amide bonds. The van der Waals surface area contributed by atoms with Crippen LogP contribution in [0.25, 0.3) is 0 Å². The second kappa shape index (κ2) is 4.39. The number of hydrogen-bond donors (Lipinski definition) is 1. The summed E-state index contributed by atoms with van der Waals surface area (Å²) in [6.45, 7) is 0.111. The summed E-state index contributed by atoms with van der Waals surface area (Å²) in [7, 11) is 1.49. The van der Waals surface area contributed by atoms with Gasteiger partial charge in [0.15, 0.2) is 0 Å². The Morgan fingerprint density at radius 3 is 2.71 bits per heavy atom. The molecule has 0 saturated heterocycles. The lowest BCUT2D eigenvalue weighted by Gasteiger charge is -2.06. The summed E-state index contributed by atoms with van der Waals surface area (Å²) in [5, 5.41) is 10.6. The van der Waals surface area contributed by atoms with Crippen molar-refractivity contribution in [2.45, 2.75) is 6.54 Å². The molecule has 0 aliphatic heterocycles. The lowest BCUT2D eigenvalue weighted by Crippen LogP contribution is -2.02. The number of nitro benzene ring substituents is 1. The highest BCUT2D eigenvalue weighted by Crippen LogP contribution is 2.32. The van der Waals surface area contributed by atoms with Gasteiger partial charge in [-0.25, -0.2) is 0 Å². The predicted molar refractivity (Wildman–Crippen MR) is 55.2 cm³/mol. The maximum atomic E-state index is 10.6. The third-order valence-electron chi connectivity index (χ3n) is 1.77. The predicted octanol–water partition coefficient (Wildman–Crippen LogP) is 1.82. The molecule has 0 saturated carbocycles. The van der Waals surface area contributed by atoms with Crippen molar-refractivity contribution in [1.82, 2.24) is 0 Å². The SMILES string of the molecule is COc1cc(CN)c([N+](=O)[O-])cc1Br. The van der Waals surface area contributed by atoms with E-state index in [1.807, 2.05) is 0 Å². The van der Waals surface area contributed by atoms with Gasteiger partial charge >= 0.3 is 0 Å². The van der Waals surface area contributed by atoms with Gasteiger partial charge < -0.3 is 10.5 Å². The van der Waals surface area contributed by atoms with Gasteiger partial charge in [0, 0.05) is 18.2 Å². The summed E-state index contributed by atoms with van der Waals surface area (Å²) in [5.74, 6) is 0.538. The van der Waals surface area contributed by atoms with E-state index >= 15 is 0 Å². The fraction of sp³-hybridized carbons (Fsp3) is 0.250. The minimum absolute atomic E-state index is 0.000162. The molecule has 14 heavy (non-hydrogen) atoms. The average Bonchev–Trinajstić information content (AvgIpc) is 2.17. The van der Waals surface area contributed by atoms with Crippen LogP contribution in [0.5, 0.6) is 5.75 Å². The highest BCUT2D eigenvalue weighted by molar-refractivity contribution is 9.10. The zero-order chi connectivity index (χ0) is 10.7. The minimum Gasteiger partial charge on any atom is -0.496 e. The topological polar surface area (TPSA) is 78.4 Å². The second-order valence-electron chi connectivity index (χ2n) is 2.58. The number of nitro groups is 1. The Labute approximate surface area is 89.1 Å². The molecule has 0 unspecified atom stereocenters. The number of ether oxygens (including phenoxy) is 1. The van der Waals surface area contributed by atoms with Crippen LogP contribution in [0.1, 0.15) is 5.56 Å². The first-order valence-corrected chi connectivity index (χ1v) is 4.60. The largest absolute Gasteiger partial charge is 0.496 e. The van der Waals surface area contributed by atoms with Crippen LogP contribution >= 0.6 is 15.9 Å². The number of rotatable bonds is 3. The van der Waals surface area contributed by atoms with E-state index in [0.717, 1.165) is 0 Å². The van der Waals surface area contributed by atoms with Gasteiger partial charge in [0.05, 0.1) is 16.5 Å². The van der Waals surface area contributed by atoms with Crippen LogP contribution in [-0.2, 0) is 6.54 Å². The maximum absolute atomic E-state index is 10.6. The van der Waals surface area contributed by atoms with E-state index in [2.05, 4.69) is 15.9 Å². The normalized spacial score (nSPS) is 9.93. The van der Waals surface area contributed by atoms with Crippen molar-refractivity contribution in [3.63, 3.8) is 0 Å². The van der Waals surface area contributed by atoms with Crippen molar-refractivity contribution >= 4 is 21.6 Å². The summed E-state index contributed by atoms with van der Waals surface area (Å²) in [6.07, 6.45) is 0. The molecule has 0 aliphatic rings. The number of hydrogen-bond acceptors (Lipinski definition) is 4. The Bertz CT molecular complexity index is 368. The molecular formula is C8H9BrN2O3. The van der Waals surface area contributed by atoms with Gasteiger partial charge in [0.2, 0.25) is 0 Å². The lowest BCUT2D eigenvalue weighted by atomic mass is 10.1. The molecule has 2 N–H and O–H groups in total. The second-order valence-corrected chi connectivity index (χ2v) is 3.43. The van der Waals surface area contributed by atoms with Crippen LogP contribution < -0.4 is 10.5 Å². The van der Waals surface area contributed by atoms with Crippen LogP contribution in [0.4, 0.5) is 5.69 Å². The molecule has 0 radical (unpaired) electrons. The van der Waals surface area contributed by atoms with Crippen molar-refractivity contribution in [1.29, 1.82) is 0 Å². The molecule has 0 aromatic heterocycles. The van der Waals surface area contributed by atoms with E-state index < -0.39 is 4.92 Å². The van der Waals surface area contributed by atoms with Crippen molar-refractivity contribution in [3.8, 4) is 5.75 Å². The third kappa shape index (κ3) is 2.02. The Morgan fingerprint density at radius 1 is 1.64 bits per heavy atom. The summed E-state index contributed by atoms with van der Waals surface area (Å²) >= 11 is 3.17. The first-order chi connectivity index (χ1) is 6.60. The van der Waals surface area contributed by atoms with Crippen LogP contribution in [0.3, 0.4) is 0 Å². The fourth-order valence-corrected chi connectivity index (χ4v) is 1.57. The van der Waals surface area contributed by atoms with Gasteiger partial charge in [-0.05, 0) is 22.0 Å². The molecule has 1 aromatic rings. The quantitative estimate of drug-likeness (QED) is 0.664. The first kappa shape index (κ1) is 10.9. The summed E-state index contributed by atoms with van der Waals surface area (Å²) in [4.78, 5) is 10.2. The Kier molecular flexibility index (Phi) is 3.43. The van der Waals surface area contributed by atoms with Crippen molar-refractivity contribution in [2.24, 2.45) is 5.73 Å². The standard InChI is InChI=1S/C8H9BrN2O3/c1-14-8-2-5(4-10)7(11(12)13)3-6(8)9/h2-3H,4,10H2,1H3. The Hall–Kier alpha value is -1.14. The van der Waals surface area contributed by atoms with Crippen LogP contribution in [0, 0.1) is 10.1 Å². The van der Waals surface area contributed by atoms with Gasteiger partial charge in [0.1, 0.15) is 5.75 Å². The van der Waals surface area contributed by atoms with E-state index in [-0.39, 0.29) is 12.2 Å².